The largest absolute Gasteiger partial charge is 0.454 e. The smallest absolute Gasteiger partial charge is 0.325 e. The zero-order valence-corrected chi connectivity index (χ0v) is 14.1. The maximum atomic E-state index is 13.0. The minimum Gasteiger partial charge on any atom is -0.454 e. The van der Waals surface area contributed by atoms with Crippen LogP contribution in [-0.2, 0) is 19.1 Å². The fourth-order valence-corrected chi connectivity index (χ4v) is 2.60. The Bertz CT molecular complexity index is 709. The molecular formula is C17H20FN3O5. The predicted molar refractivity (Wildman–Crippen MR) is 88.2 cm³/mol. The van der Waals surface area contributed by atoms with Gasteiger partial charge in [-0.1, -0.05) is 6.07 Å². The number of piperidine rings is 1. The fourth-order valence-electron chi connectivity index (χ4n) is 2.60. The number of primary amides is 1. The molecule has 0 unspecified atom stereocenters. The Balaban J connectivity index is 1.73. The van der Waals surface area contributed by atoms with Crippen LogP contribution in [0.3, 0.4) is 0 Å². The number of halogens is 1. The molecule has 0 spiro atoms. The molecule has 3 N–H and O–H groups in total. The second-order valence-corrected chi connectivity index (χ2v) is 5.93. The topological polar surface area (TPSA) is 119 Å². The summed E-state index contributed by atoms with van der Waals surface area (Å²) in [5, 5.41) is 2.28. The van der Waals surface area contributed by atoms with Crippen molar-refractivity contribution in [2.75, 3.05) is 26.2 Å². The molecule has 1 saturated heterocycles. The molecule has 0 bridgehead atoms. The van der Waals surface area contributed by atoms with E-state index in [9.17, 15) is 23.6 Å². The first-order valence-electron chi connectivity index (χ1n) is 8.13. The number of likely N-dealkylation sites (tertiary alicyclic amines) is 1. The lowest BCUT2D eigenvalue weighted by atomic mass is 9.97. The SMILES string of the molecule is NC(=O)[C@@H]1CCCN(C(=O)COC(=O)CNC(=O)c2cccc(F)c2)C1. The third-order valence-electron chi connectivity index (χ3n) is 4.01. The van der Waals surface area contributed by atoms with Gasteiger partial charge in [0.05, 0.1) is 5.92 Å². The molecule has 9 heteroatoms. The van der Waals surface area contributed by atoms with Gasteiger partial charge in [-0.05, 0) is 31.0 Å². The summed E-state index contributed by atoms with van der Waals surface area (Å²) >= 11 is 0. The maximum Gasteiger partial charge on any atom is 0.325 e. The summed E-state index contributed by atoms with van der Waals surface area (Å²) in [6.07, 6.45) is 1.28. The molecule has 1 aromatic rings. The van der Waals surface area contributed by atoms with Crippen molar-refractivity contribution in [3.63, 3.8) is 0 Å². The Morgan fingerprint density at radius 1 is 1.31 bits per heavy atom. The summed E-state index contributed by atoms with van der Waals surface area (Å²) in [5.74, 6) is -3.28. The molecule has 0 saturated carbocycles. The minimum atomic E-state index is -0.799. The van der Waals surface area contributed by atoms with Gasteiger partial charge in [0.1, 0.15) is 12.4 Å². The minimum absolute atomic E-state index is 0.0692. The summed E-state index contributed by atoms with van der Waals surface area (Å²) in [5.41, 5.74) is 5.32. The van der Waals surface area contributed by atoms with E-state index in [2.05, 4.69) is 5.32 Å². The molecule has 140 valence electrons. The average Bonchev–Trinajstić information content (AvgIpc) is 2.64. The first-order chi connectivity index (χ1) is 12.4. The van der Waals surface area contributed by atoms with Crippen LogP contribution < -0.4 is 11.1 Å². The third kappa shape index (κ3) is 5.54. The van der Waals surface area contributed by atoms with Crippen LogP contribution in [-0.4, -0.2) is 54.8 Å². The normalized spacial score (nSPS) is 16.7. The van der Waals surface area contributed by atoms with Crippen LogP contribution in [0, 0.1) is 11.7 Å². The molecule has 1 aliphatic rings. The van der Waals surface area contributed by atoms with Crippen LogP contribution in [0.15, 0.2) is 24.3 Å². The van der Waals surface area contributed by atoms with Gasteiger partial charge >= 0.3 is 5.97 Å². The Labute approximate surface area is 149 Å². The van der Waals surface area contributed by atoms with Crippen LogP contribution in [0.4, 0.5) is 4.39 Å². The molecule has 2 rings (SSSR count). The van der Waals surface area contributed by atoms with Crippen molar-refractivity contribution in [2.24, 2.45) is 11.7 Å². The zero-order valence-electron chi connectivity index (χ0n) is 14.1. The number of nitrogens with two attached hydrogens (primary N) is 1. The highest BCUT2D eigenvalue weighted by atomic mass is 19.1. The molecule has 26 heavy (non-hydrogen) atoms. The van der Waals surface area contributed by atoms with Crippen molar-refractivity contribution >= 4 is 23.7 Å². The summed E-state index contributed by atoms with van der Waals surface area (Å²) in [7, 11) is 0. The standard InChI is InChI=1S/C17H20FN3O5/c18-13-5-1-3-11(7-13)17(25)20-8-15(23)26-10-14(22)21-6-2-4-12(9-21)16(19)24/h1,3,5,7,12H,2,4,6,8-10H2,(H2,19,24)(H,20,25)/t12-/m1/s1. The van der Waals surface area contributed by atoms with Gasteiger partial charge in [-0.3, -0.25) is 19.2 Å². The van der Waals surface area contributed by atoms with Gasteiger partial charge in [0.2, 0.25) is 5.91 Å². The van der Waals surface area contributed by atoms with Crippen molar-refractivity contribution < 1.29 is 28.3 Å². The van der Waals surface area contributed by atoms with Crippen molar-refractivity contribution in [2.45, 2.75) is 12.8 Å². The average molecular weight is 365 g/mol. The van der Waals surface area contributed by atoms with Crippen molar-refractivity contribution in [3.05, 3.63) is 35.6 Å². The summed E-state index contributed by atoms with van der Waals surface area (Å²) in [6.45, 7) is -0.259. The number of hydrogen-bond donors (Lipinski definition) is 2. The molecule has 1 fully saturated rings. The molecule has 3 amide bonds. The number of rotatable bonds is 6. The lowest BCUT2D eigenvalue weighted by Gasteiger charge is -2.31. The fraction of sp³-hybridized carbons (Fsp3) is 0.412. The van der Waals surface area contributed by atoms with Crippen LogP contribution in [0.2, 0.25) is 0 Å². The van der Waals surface area contributed by atoms with Crippen LogP contribution in [0.25, 0.3) is 0 Å². The molecule has 0 aromatic heterocycles. The molecule has 1 heterocycles. The molecule has 8 nitrogen and oxygen atoms in total. The quantitative estimate of drug-likeness (QED) is 0.678. The second-order valence-electron chi connectivity index (χ2n) is 5.93. The Morgan fingerprint density at radius 2 is 2.08 bits per heavy atom. The number of benzene rings is 1. The van der Waals surface area contributed by atoms with Gasteiger partial charge < -0.3 is 20.7 Å². The number of nitrogens with one attached hydrogen (secondary N) is 1. The van der Waals surface area contributed by atoms with Gasteiger partial charge in [0, 0.05) is 18.7 Å². The number of carbonyl (C=O) groups excluding carboxylic acids is 4. The number of hydrogen-bond acceptors (Lipinski definition) is 5. The number of nitrogens with zero attached hydrogens (tertiary/aromatic N) is 1. The Morgan fingerprint density at radius 3 is 2.77 bits per heavy atom. The van der Waals surface area contributed by atoms with E-state index in [4.69, 9.17) is 10.5 Å². The molecular weight excluding hydrogens is 345 g/mol. The predicted octanol–water partition coefficient (Wildman–Crippen LogP) is -0.177. The lowest BCUT2D eigenvalue weighted by Crippen LogP contribution is -2.45. The summed E-state index contributed by atoms with van der Waals surface area (Å²) < 4.78 is 17.9. The number of amides is 3. The first-order valence-corrected chi connectivity index (χ1v) is 8.13. The second kappa shape index (κ2) is 8.93. The maximum absolute atomic E-state index is 13.0. The number of esters is 1. The monoisotopic (exact) mass is 365 g/mol. The Hall–Kier alpha value is -2.97. The van der Waals surface area contributed by atoms with Crippen LogP contribution >= 0.6 is 0 Å². The summed E-state index contributed by atoms with van der Waals surface area (Å²) in [4.78, 5) is 48.1. The van der Waals surface area contributed by atoms with Gasteiger partial charge in [0.15, 0.2) is 6.61 Å². The van der Waals surface area contributed by atoms with E-state index in [0.29, 0.717) is 19.4 Å². The molecule has 0 radical (unpaired) electrons. The van der Waals surface area contributed by atoms with Crippen LogP contribution in [0.1, 0.15) is 23.2 Å². The molecule has 1 aromatic carbocycles. The number of ether oxygens (including phenoxy) is 1. The van der Waals surface area contributed by atoms with E-state index in [-0.39, 0.29) is 12.1 Å². The molecule has 0 aliphatic carbocycles. The van der Waals surface area contributed by atoms with Gasteiger partial charge in [-0.15, -0.1) is 0 Å². The van der Waals surface area contributed by atoms with Crippen molar-refractivity contribution in [3.8, 4) is 0 Å². The molecule has 1 aliphatic heterocycles. The van der Waals surface area contributed by atoms with E-state index in [1.165, 1.54) is 23.1 Å². The van der Waals surface area contributed by atoms with Crippen molar-refractivity contribution in [1.29, 1.82) is 0 Å². The van der Waals surface area contributed by atoms with E-state index in [0.717, 1.165) is 6.07 Å². The third-order valence-corrected chi connectivity index (χ3v) is 4.01. The Kier molecular flexibility index (Phi) is 6.65. The zero-order chi connectivity index (χ0) is 19.1. The summed E-state index contributed by atoms with van der Waals surface area (Å²) in [6, 6.07) is 5.01. The highest BCUT2D eigenvalue weighted by molar-refractivity contribution is 5.96. The van der Waals surface area contributed by atoms with E-state index >= 15 is 0 Å². The lowest BCUT2D eigenvalue weighted by molar-refractivity contribution is -0.152. The highest BCUT2D eigenvalue weighted by Gasteiger charge is 2.27. The van der Waals surface area contributed by atoms with Gasteiger partial charge in [-0.25, -0.2) is 4.39 Å². The van der Waals surface area contributed by atoms with E-state index in [1.807, 2.05) is 0 Å². The number of carbonyl (C=O) groups is 4. The molecule has 1 atom stereocenters. The van der Waals surface area contributed by atoms with Crippen molar-refractivity contribution in [1.82, 2.24) is 10.2 Å². The van der Waals surface area contributed by atoms with Gasteiger partial charge in [-0.2, -0.15) is 0 Å². The van der Waals surface area contributed by atoms with Gasteiger partial charge in [0.25, 0.3) is 11.8 Å². The van der Waals surface area contributed by atoms with Crippen LogP contribution in [0.5, 0.6) is 0 Å². The first kappa shape index (κ1) is 19.4. The highest BCUT2D eigenvalue weighted by Crippen LogP contribution is 2.16. The van der Waals surface area contributed by atoms with E-state index < -0.39 is 48.6 Å². The van der Waals surface area contributed by atoms with E-state index in [1.54, 1.807) is 0 Å².